The molecule has 1 aromatic carbocycles. The van der Waals surface area contributed by atoms with Gasteiger partial charge in [-0.2, -0.15) is 4.98 Å². The first kappa shape index (κ1) is 14.5. The predicted octanol–water partition coefficient (Wildman–Crippen LogP) is 1.68. The van der Waals surface area contributed by atoms with Gasteiger partial charge in [0.15, 0.2) is 0 Å². The minimum absolute atomic E-state index is 0.280. The zero-order valence-corrected chi connectivity index (χ0v) is 11.6. The molecule has 6 heteroatoms. The van der Waals surface area contributed by atoms with Crippen molar-refractivity contribution < 1.29 is 9.47 Å². The molecule has 0 fully saturated rings. The SMILES string of the molecule is COCCOCCCNc1nc(N)nc2ccccc12. The summed E-state index contributed by atoms with van der Waals surface area (Å²) >= 11 is 0. The topological polar surface area (TPSA) is 82.3 Å². The molecule has 0 aliphatic rings. The predicted molar refractivity (Wildman–Crippen MR) is 79.8 cm³/mol. The quantitative estimate of drug-likeness (QED) is 0.714. The molecule has 0 saturated heterocycles. The molecule has 108 valence electrons. The Bertz CT molecular complexity index is 548. The summed E-state index contributed by atoms with van der Waals surface area (Å²) in [7, 11) is 1.66. The van der Waals surface area contributed by atoms with Crippen LogP contribution in [0.4, 0.5) is 11.8 Å². The highest BCUT2D eigenvalue weighted by atomic mass is 16.5. The maximum atomic E-state index is 5.71. The first-order valence-electron chi connectivity index (χ1n) is 6.64. The van der Waals surface area contributed by atoms with E-state index in [1.807, 2.05) is 24.3 Å². The molecule has 2 aromatic rings. The van der Waals surface area contributed by atoms with E-state index in [0.29, 0.717) is 19.8 Å². The number of nitrogens with one attached hydrogen (secondary N) is 1. The number of benzene rings is 1. The summed E-state index contributed by atoms with van der Waals surface area (Å²) < 4.78 is 10.3. The lowest BCUT2D eigenvalue weighted by Crippen LogP contribution is -2.10. The lowest BCUT2D eigenvalue weighted by atomic mass is 10.2. The van der Waals surface area contributed by atoms with E-state index in [-0.39, 0.29) is 5.95 Å². The van der Waals surface area contributed by atoms with Crippen LogP contribution < -0.4 is 11.1 Å². The Morgan fingerprint density at radius 1 is 1.15 bits per heavy atom. The Morgan fingerprint density at radius 2 is 2.00 bits per heavy atom. The lowest BCUT2D eigenvalue weighted by molar-refractivity contribution is 0.0705. The third kappa shape index (κ3) is 4.04. The average molecular weight is 276 g/mol. The van der Waals surface area contributed by atoms with Crippen LogP contribution in [0.5, 0.6) is 0 Å². The number of methoxy groups -OCH3 is 1. The van der Waals surface area contributed by atoms with Crippen LogP contribution in [0, 0.1) is 0 Å². The Hall–Kier alpha value is -1.92. The molecule has 0 aliphatic heterocycles. The molecule has 2 rings (SSSR count). The molecule has 20 heavy (non-hydrogen) atoms. The van der Waals surface area contributed by atoms with Gasteiger partial charge < -0.3 is 20.5 Å². The second-order valence-corrected chi connectivity index (χ2v) is 4.33. The number of nitrogens with two attached hydrogens (primary N) is 1. The van der Waals surface area contributed by atoms with Crippen LogP contribution in [0.1, 0.15) is 6.42 Å². The fourth-order valence-corrected chi connectivity index (χ4v) is 1.85. The van der Waals surface area contributed by atoms with Gasteiger partial charge in [-0.25, -0.2) is 4.98 Å². The Kier molecular flexibility index (Phi) is 5.52. The molecule has 0 amide bonds. The van der Waals surface area contributed by atoms with Gasteiger partial charge in [-0.1, -0.05) is 12.1 Å². The summed E-state index contributed by atoms with van der Waals surface area (Å²) in [6, 6.07) is 7.79. The molecule has 3 N–H and O–H groups in total. The molecule has 0 spiro atoms. The molecule has 0 aliphatic carbocycles. The van der Waals surface area contributed by atoms with E-state index in [0.717, 1.165) is 29.7 Å². The second kappa shape index (κ2) is 7.62. The summed E-state index contributed by atoms with van der Waals surface area (Å²) in [5, 5.41) is 4.25. The van der Waals surface area contributed by atoms with Crippen molar-refractivity contribution in [1.29, 1.82) is 0 Å². The molecule has 0 saturated carbocycles. The van der Waals surface area contributed by atoms with Crippen molar-refractivity contribution in [2.24, 2.45) is 0 Å². The second-order valence-electron chi connectivity index (χ2n) is 4.33. The van der Waals surface area contributed by atoms with Gasteiger partial charge in [0.1, 0.15) is 5.82 Å². The minimum atomic E-state index is 0.280. The van der Waals surface area contributed by atoms with Crippen molar-refractivity contribution >= 4 is 22.7 Å². The fraction of sp³-hybridized carbons (Fsp3) is 0.429. The number of para-hydroxylation sites is 1. The number of nitrogens with zero attached hydrogens (tertiary/aromatic N) is 2. The molecule has 0 unspecified atom stereocenters. The van der Waals surface area contributed by atoms with Gasteiger partial charge in [0, 0.05) is 25.6 Å². The molecule has 0 atom stereocenters. The van der Waals surface area contributed by atoms with Crippen LogP contribution in [0.25, 0.3) is 10.9 Å². The van der Waals surface area contributed by atoms with E-state index in [9.17, 15) is 0 Å². The highest BCUT2D eigenvalue weighted by Crippen LogP contribution is 2.20. The van der Waals surface area contributed by atoms with Crippen LogP contribution in [-0.4, -0.2) is 43.4 Å². The Morgan fingerprint density at radius 3 is 2.85 bits per heavy atom. The van der Waals surface area contributed by atoms with E-state index < -0.39 is 0 Å². The number of nitrogen functional groups attached to an aromatic ring is 1. The normalized spacial score (nSPS) is 10.8. The molecule has 1 heterocycles. The van der Waals surface area contributed by atoms with Crippen molar-refractivity contribution in [1.82, 2.24) is 9.97 Å². The van der Waals surface area contributed by atoms with E-state index in [2.05, 4.69) is 15.3 Å². The molecule has 0 radical (unpaired) electrons. The number of fused-ring (bicyclic) bond motifs is 1. The van der Waals surface area contributed by atoms with Gasteiger partial charge in [0.25, 0.3) is 0 Å². The minimum Gasteiger partial charge on any atom is -0.382 e. The summed E-state index contributed by atoms with van der Waals surface area (Å²) in [4.78, 5) is 8.45. The number of aromatic nitrogens is 2. The smallest absolute Gasteiger partial charge is 0.222 e. The van der Waals surface area contributed by atoms with Crippen molar-refractivity contribution in [3.63, 3.8) is 0 Å². The van der Waals surface area contributed by atoms with E-state index >= 15 is 0 Å². The van der Waals surface area contributed by atoms with Crippen LogP contribution >= 0.6 is 0 Å². The van der Waals surface area contributed by atoms with E-state index in [4.69, 9.17) is 15.2 Å². The lowest BCUT2D eigenvalue weighted by Gasteiger charge is -2.09. The largest absolute Gasteiger partial charge is 0.382 e. The van der Waals surface area contributed by atoms with Crippen LogP contribution in [0.15, 0.2) is 24.3 Å². The van der Waals surface area contributed by atoms with Gasteiger partial charge in [-0.05, 0) is 18.6 Å². The standard InChI is InChI=1S/C14H20N4O2/c1-19-9-10-20-8-4-7-16-13-11-5-2-3-6-12(11)17-14(15)18-13/h2-3,5-6H,4,7-10H2,1H3,(H3,15,16,17,18). The first-order valence-corrected chi connectivity index (χ1v) is 6.64. The van der Waals surface area contributed by atoms with Gasteiger partial charge in [-0.15, -0.1) is 0 Å². The maximum absolute atomic E-state index is 5.71. The zero-order valence-electron chi connectivity index (χ0n) is 11.6. The van der Waals surface area contributed by atoms with Gasteiger partial charge in [-0.3, -0.25) is 0 Å². The highest BCUT2D eigenvalue weighted by Gasteiger charge is 2.04. The maximum Gasteiger partial charge on any atom is 0.222 e. The van der Waals surface area contributed by atoms with Crippen LogP contribution in [0.3, 0.4) is 0 Å². The number of hydrogen-bond donors (Lipinski definition) is 2. The van der Waals surface area contributed by atoms with Crippen LogP contribution in [0.2, 0.25) is 0 Å². The van der Waals surface area contributed by atoms with Crippen LogP contribution in [-0.2, 0) is 9.47 Å². The summed E-state index contributed by atoms with van der Waals surface area (Å²) in [6.45, 7) is 2.71. The monoisotopic (exact) mass is 276 g/mol. The summed E-state index contributed by atoms with van der Waals surface area (Å²) in [6.07, 6.45) is 0.891. The van der Waals surface area contributed by atoms with E-state index in [1.54, 1.807) is 7.11 Å². The molecule has 1 aromatic heterocycles. The average Bonchev–Trinajstić information content (AvgIpc) is 2.46. The van der Waals surface area contributed by atoms with Crippen molar-refractivity contribution in [3.05, 3.63) is 24.3 Å². The first-order chi connectivity index (χ1) is 9.81. The summed E-state index contributed by atoms with van der Waals surface area (Å²) in [5.41, 5.74) is 6.56. The Labute approximate surface area is 118 Å². The van der Waals surface area contributed by atoms with Crippen molar-refractivity contribution in [2.45, 2.75) is 6.42 Å². The molecular weight excluding hydrogens is 256 g/mol. The van der Waals surface area contributed by atoms with Gasteiger partial charge in [0.05, 0.1) is 18.7 Å². The number of ether oxygens (including phenoxy) is 2. The van der Waals surface area contributed by atoms with Gasteiger partial charge in [0.2, 0.25) is 5.95 Å². The molecular formula is C14H20N4O2. The fourth-order valence-electron chi connectivity index (χ4n) is 1.85. The molecule has 6 nitrogen and oxygen atoms in total. The molecule has 0 bridgehead atoms. The van der Waals surface area contributed by atoms with E-state index in [1.165, 1.54) is 0 Å². The third-order valence-electron chi connectivity index (χ3n) is 2.81. The number of hydrogen-bond acceptors (Lipinski definition) is 6. The zero-order chi connectivity index (χ0) is 14.2. The van der Waals surface area contributed by atoms with Crippen molar-refractivity contribution in [3.8, 4) is 0 Å². The van der Waals surface area contributed by atoms with Gasteiger partial charge >= 0.3 is 0 Å². The third-order valence-corrected chi connectivity index (χ3v) is 2.81. The highest BCUT2D eigenvalue weighted by molar-refractivity contribution is 5.89. The number of rotatable bonds is 8. The Balaban J connectivity index is 1.86. The summed E-state index contributed by atoms with van der Waals surface area (Å²) in [5.74, 6) is 1.05. The number of anilines is 2. The van der Waals surface area contributed by atoms with Crippen molar-refractivity contribution in [2.75, 3.05) is 44.5 Å².